The van der Waals surface area contributed by atoms with E-state index in [-0.39, 0.29) is 36.0 Å². The third kappa shape index (κ3) is 3.67. The number of likely N-dealkylation sites (tertiary alicyclic amines) is 1. The molecule has 1 aliphatic heterocycles. The third-order valence-corrected chi connectivity index (χ3v) is 3.70. The van der Waals surface area contributed by atoms with Gasteiger partial charge in [0.15, 0.2) is 0 Å². The lowest BCUT2D eigenvalue weighted by atomic mass is 9.90. The van der Waals surface area contributed by atoms with E-state index in [1.807, 2.05) is 0 Å². The second-order valence-corrected chi connectivity index (χ2v) is 5.35. The van der Waals surface area contributed by atoms with Gasteiger partial charge in [0.1, 0.15) is 5.82 Å². The quantitative estimate of drug-likeness (QED) is 0.924. The summed E-state index contributed by atoms with van der Waals surface area (Å²) in [5.41, 5.74) is 6.19. The zero-order valence-corrected chi connectivity index (χ0v) is 11.9. The summed E-state index contributed by atoms with van der Waals surface area (Å²) in [6.07, 6.45) is 1.06. The smallest absolute Gasteiger partial charge is 0.227 e. The highest BCUT2D eigenvalue weighted by Crippen LogP contribution is 2.28. The molecule has 1 saturated heterocycles. The Labute approximate surface area is 119 Å². The minimum absolute atomic E-state index is 0. The van der Waals surface area contributed by atoms with Crippen molar-refractivity contribution in [2.24, 2.45) is 11.1 Å². The molecule has 3 nitrogen and oxygen atoms in total. The van der Waals surface area contributed by atoms with E-state index >= 15 is 0 Å². The van der Waals surface area contributed by atoms with E-state index in [4.69, 9.17) is 5.73 Å². The number of nitrogens with two attached hydrogens (primary N) is 1. The molecule has 1 atom stereocenters. The molecule has 1 aromatic carbocycles. The molecule has 5 heteroatoms. The largest absolute Gasteiger partial charge is 0.342 e. The standard InChI is InChI=1S/C14H19FN2O.ClH/c1-14(9-16)6-7-17(10-14)13(18)8-11-4-2-3-5-12(11)15;/h2-5H,6-10,16H2,1H3;1H. The van der Waals surface area contributed by atoms with Crippen LogP contribution in [0.2, 0.25) is 0 Å². The van der Waals surface area contributed by atoms with E-state index in [9.17, 15) is 9.18 Å². The summed E-state index contributed by atoms with van der Waals surface area (Å²) in [7, 11) is 0. The van der Waals surface area contributed by atoms with E-state index in [0.29, 0.717) is 18.7 Å². The summed E-state index contributed by atoms with van der Waals surface area (Å²) in [6.45, 7) is 4.07. The Morgan fingerprint density at radius 2 is 2.16 bits per heavy atom. The lowest BCUT2D eigenvalue weighted by Crippen LogP contribution is -2.35. The Balaban J connectivity index is 0.00000180. The minimum atomic E-state index is -0.313. The van der Waals surface area contributed by atoms with Crippen LogP contribution in [0.25, 0.3) is 0 Å². The summed E-state index contributed by atoms with van der Waals surface area (Å²) < 4.78 is 13.5. The highest BCUT2D eigenvalue weighted by Gasteiger charge is 2.34. The predicted molar refractivity (Wildman–Crippen MR) is 75.7 cm³/mol. The fourth-order valence-electron chi connectivity index (χ4n) is 2.32. The van der Waals surface area contributed by atoms with Crippen LogP contribution in [0, 0.1) is 11.2 Å². The normalized spacial score (nSPS) is 22.2. The molecule has 0 aliphatic carbocycles. The molecule has 1 heterocycles. The van der Waals surface area contributed by atoms with Crippen molar-refractivity contribution in [3.05, 3.63) is 35.6 Å². The van der Waals surface area contributed by atoms with Crippen LogP contribution in [0.4, 0.5) is 4.39 Å². The van der Waals surface area contributed by atoms with Crippen molar-refractivity contribution in [1.29, 1.82) is 0 Å². The van der Waals surface area contributed by atoms with E-state index < -0.39 is 0 Å². The number of rotatable bonds is 3. The molecule has 2 N–H and O–H groups in total. The first-order chi connectivity index (χ1) is 8.54. The van der Waals surface area contributed by atoms with Gasteiger partial charge in [0.25, 0.3) is 0 Å². The molecule has 0 bridgehead atoms. The van der Waals surface area contributed by atoms with Crippen LogP contribution in [0.5, 0.6) is 0 Å². The van der Waals surface area contributed by atoms with Gasteiger partial charge < -0.3 is 10.6 Å². The number of benzene rings is 1. The van der Waals surface area contributed by atoms with Crippen LogP contribution in [-0.2, 0) is 11.2 Å². The van der Waals surface area contributed by atoms with Crippen LogP contribution in [-0.4, -0.2) is 30.4 Å². The lowest BCUT2D eigenvalue weighted by Gasteiger charge is -2.22. The number of nitrogens with zero attached hydrogens (tertiary/aromatic N) is 1. The fraction of sp³-hybridized carbons (Fsp3) is 0.500. The fourth-order valence-corrected chi connectivity index (χ4v) is 2.32. The molecule has 1 unspecified atom stereocenters. The average molecular weight is 287 g/mol. The Hall–Kier alpha value is -1.13. The number of carbonyl (C=O) groups is 1. The second-order valence-electron chi connectivity index (χ2n) is 5.35. The number of hydrogen-bond acceptors (Lipinski definition) is 2. The SMILES string of the molecule is CC1(CN)CCN(C(=O)Cc2ccccc2F)C1.Cl. The van der Waals surface area contributed by atoms with Crippen LogP contribution < -0.4 is 5.73 Å². The van der Waals surface area contributed by atoms with Crippen LogP contribution in [0.15, 0.2) is 24.3 Å². The van der Waals surface area contributed by atoms with Gasteiger partial charge in [0.05, 0.1) is 6.42 Å². The molecule has 1 aliphatic rings. The number of hydrogen-bond donors (Lipinski definition) is 1. The van der Waals surface area contributed by atoms with E-state index in [1.165, 1.54) is 6.07 Å². The molecule has 106 valence electrons. The van der Waals surface area contributed by atoms with Crippen molar-refractivity contribution in [2.45, 2.75) is 19.8 Å². The Morgan fingerprint density at radius 3 is 2.74 bits per heavy atom. The van der Waals surface area contributed by atoms with Gasteiger partial charge >= 0.3 is 0 Å². The average Bonchev–Trinajstić information content (AvgIpc) is 2.76. The summed E-state index contributed by atoms with van der Waals surface area (Å²) >= 11 is 0. The first-order valence-electron chi connectivity index (χ1n) is 6.25. The van der Waals surface area contributed by atoms with Crippen molar-refractivity contribution in [3.63, 3.8) is 0 Å². The van der Waals surface area contributed by atoms with Gasteiger partial charge in [-0.3, -0.25) is 4.79 Å². The van der Waals surface area contributed by atoms with Crippen molar-refractivity contribution in [3.8, 4) is 0 Å². The van der Waals surface area contributed by atoms with Gasteiger partial charge in [0.2, 0.25) is 5.91 Å². The molecular weight excluding hydrogens is 267 g/mol. The predicted octanol–water partition coefficient (Wildman–Crippen LogP) is 1.99. The Kier molecular flexibility index (Phi) is 5.32. The highest BCUT2D eigenvalue weighted by atomic mass is 35.5. The van der Waals surface area contributed by atoms with Crippen LogP contribution >= 0.6 is 12.4 Å². The van der Waals surface area contributed by atoms with E-state index in [0.717, 1.165) is 13.0 Å². The van der Waals surface area contributed by atoms with E-state index in [2.05, 4.69) is 6.92 Å². The Morgan fingerprint density at radius 1 is 1.47 bits per heavy atom. The molecule has 0 aromatic heterocycles. The van der Waals surface area contributed by atoms with Gasteiger partial charge in [-0.25, -0.2) is 4.39 Å². The summed E-state index contributed by atoms with van der Waals surface area (Å²) in [5.74, 6) is -0.330. The van der Waals surface area contributed by atoms with Crippen molar-refractivity contribution in [1.82, 2.24) is 4.90 Å². The van der Waals surface area contributed by atoms with Gasteiger partial charge in [-0.05, 0) is 30.0 Å². The maximum Gasteiger partial charge on any atom is 0.227 e. The van der Waals surface area contributed by atoms with Crippen molar-refractivity contribution < 1.29 is 9.18 Å². The molecule has 2 rings (SSSR count). The molecule has 1 fully saturated rings. The number of halogens is 2. The summed E-state index contributed by atoms with van der Waals surface area (Å²) in [6, 6.07) is 6.42. The van der Waals surface area contributed by atoms with Gasteiger partial charge in [-0.2, -0.15) is 0 Å². The van der Waals surface area contributed by atoms with E-state index in [1.54, 1.807) is 23.1 Å². The first kappa shape index (κ1) is 15.9. The number of amides is 1. The van der Waals surface area contributed by atoms with Gasteiger partial charge in [-0.1, -0.05) is 25.1 Å². The summed E-state index contributed by atoms with van der Waals surface area (Å²) in [4.78, 5) is 13.9. The van der Waals surface area contributed by atoms with Crippen LogP contribution in [0.3, 0.4) is 0 Å². The molecule has 0 spiro atoms. The molecule has 0 saturated carbocycles. The minimum Gasteiger partial charge on any atom is -0.342 e. The molecule has 0 radical (unpaired) electrons. The lowest BCUT2D eigenvalue weighted by molar-refractivity contribution is -0.129. The topological polar surface area (TPSA) is 46.3 Å². The molecular formula is C14H20ClFN2O. The van der Waals surface area contributed by atoms with Gasteiger partial charge in [0, 0.05) is 13.1 Å². The maximum atomic E-state index is 13.5. The van der Waals surface area contributed by atoms with Gasteiger partial charge in [-0.15, -0.1) is 12.4 Å². The Bertz CT molecular complexity index is 455. The monoisotopic (exact) mass is 286 g/mol. The first-order valence-corrected chi connectivity index (χ1v) is 6.25. The second kappa shape index (κ2) is 6.35. The number of carbonyl (C=O) groups excluding carboxylic acids is 1. The zero-order chi connectivity index (χ0) is 13.2. The highest BCUT2D eigenvalue weighted by molar-refractivity contribution is 5.85. The molecule has 1 amide bonds. The summed E-state index contributed by atoms with van der Waals surface area (Å²) in [5, 5.41) is 0. The zero-order valence-electron chi connectivity index (χ0n) is 11.1. The molecule has 1 aromatic rings. The van der Waals surface area contributed by atoms with Crippen LogP contribution in [0.1, 0.15) is 18.9 Å². The third-order valence-electron chi connectivity index (χ3n) is 3.70. The van der Waals surface area contributed by atoms with Crippen molar-refractivity contribution >= 4 is 18.3 Å². The maximum absolute atomic E-state index is 13.5. The van der Waals surface area contributed by atoms with Crippen molar-refractivity contribution in [2.75, 3.05) is 19.6 Å². The molecule has 19 heavy (non-hydrogen) atoms.